The van der Waals surface area contributed by atoms with E-state index in [4.69, 9.17) is 0 Å². The largest absolute Gasteiger partial charge is 0.285 e. The maximum absolute atomic E-state index is 4.31. The Morgan fingerprint density at radius 1 is 1.07 bits per heavy atom. The van der Waals surface area contributed by atoms with Crippen LogP contribution in [0.25, 0.3) is 22.4 Å². The van der Waals surface area contributed by atoms with E-state index in [1.807, 2.05) is 0 Å². The van der Waals surface area contributed by atoms with Crippen LogP contribution in [0.2, 0.25) is 0 Å². The van der Waals surface area contributed by atoms with E-state index in [0.717, 1.165) is 16.6 Å². The summed E-state index contributed by atoms with van der Waals surface area (Å²) in [5, 5.41) is 13.2. The number of nitrogens with one attached hydrogen (secondary N) is 2. The average Bonchev–Trinajstić information content (AvgIpc) is 2.88. The Labute approximate surface area is 78.4 Å². The molecule has 0 aliphatic carbocycles. The summed E-state index contributed by atoms with van der Waals surface area (Å²) in [4.78, 5) is 8.49. The van der Waals surface area contributed by atoms with Crippen molar-refractivity contribution in [3.8, 4) is 11.4 Å². The van der Waals surface area contributed by atoms with Gasteiger partial charge in [0.2, 0.25) is 0 Å². The Morgan fingerprint density at radius 3 is 2.93 bits per heavy atom. The number of nitrogens with zero attached hydrogens (tertiary/aromatic N) is 4. The predicted octanol–water partition coefficient (Wildman–Crippen LogP) is 0.743. The average molecular weight is 186 g/mol. The van der Waals surface area contributed by atoms with Gasteiger partial charge in [-0.1, -0.05) is 0 Å². The molecule has 3 aromatic heterocycles. The minimum absolute atomic E-state index is 0.646. The van der Waals surface area contributed by atoms with Crippen LogP contribution in [0.3, 0.4) is 0 Å². The molecule has 14 heavy (non-hydrogen) atoms. The Morgan fingerprint density at radius 2 is 2.07 bits per heavy atom. The predicted molar refractivity (Wildman–Crippen MR) is 49.3 cm³/mol. The highest BCUT2D eigenvalue weighted by atomic mass is 15.1. The highest BCUT2D eigenvalue weighted by Crippen LogP contribution is 2.14. The quantitative estimate of drug-likeness (QED) is 0.587. The van der Waals surface area contributed by atoms with Crippen LogP contribution < -0.4 is 0 Å². The molecule has 0 spiro atoms. The smallest absolute Gasteiger partial charge is 0.163 e. The van der Waals surface area contributed by atoms with E-state index in [2.05, 4.69) is 30.4 Å². The highest BCUT2D eigenvalue weighted by Gasteiger charge is 2.04. The molecule has 0 unspecified atom stereocenters. The van der Waals surface area contributed by atoms with Gasteiger partial charge in [0.05, 0.1) is 24.2 Å². The molecule has 2 N–H and O–H groups in total. The first-order valence-electron chi connectivity index (χ1n) is 4.09. The van der Waals surface area contributed by atoms with Gasteiger partial charge in [-0.25, -0.2) is 9.97 Å². The summed E-state index contributed by atoms with van der Waals surface area (Å²) in [6.07, 6.45) is 6.81. The second-order valence-corrected chi connectivity index (χ2v) is 2.85. The van der Waals surface area contributed by atoms with Crippen molar-refractivity contribution in [1.29, 1.82) is 0 Å². The van der Waals surface area contributed by atoms with Gasteiger partial charge in [0.1, 0.15) is 11.0 Å². The van der Waals surface area contributed by atoms with Gasteiger partial charge >= 0.3 is 0 Å². The molecule has 0 saturated carbocycles. The monoisotopic (exact) mass is 186 g/mol. The van der Waals surface area contributed by atoms with E-state index in [1.165, 1.54) is 0 Å². The third-order valence-electron chi connectivity index (χ3n) is 1.95. The molecule has 3 aromatic rings. The normalized spacial score (nSPS) is 10.9. The van der Waals surface area contributed by atoms with Crippen molar-refractivity contribution >= 4 is 11.0 Å². The molecule has 3 heterocycles. The van der Waals surface area contributed by atoms with Crippen molar-refractivity contribution in [2.24, 2.45) is 0 Å². The highest BCUT2D eigenvalue weighted by molar-refractivity contribution is 5.74. The summed E-state index contributed by atoms with van der Waals surface area (Å²) in [6.45, 7) is 0. The first kappa shape index (κ1) is 7.19. The third-order valence-corrected chi connectivity index (χ3v) is 1.95. The fourth-order valence-corrected chi connectivity index (χ4v) is 1.25. The lowest BCUT2D eigenvalue weighted by Crippen LogP contribution is -1.86. The number of hydrogen-bond donors (Lipinski definition) is 2. The van der Waals surface area contributed by atoms with Gasteiger partial charge in [-0.2, -0.15) is 10.2 Å². The molecule has 6 heteroatoms. The Hall–Kier alpha value is -2.24. The molecule has 0 bridgehead atoms. The van der Waals surface area contributed by atoms with Gasteiger partial charge in [0, 0.05) is 6.20 Å². The lowest BCUT2D eigenvalue weighted by Gasteiger charge is -1.93. The van der Waals surface area contributed by atoms with Crippen LogP contribution in [0, 0.1) is 0 Å². The summed E-state index contributed by atoms with van der Waals surface area (Å²) in [5.41, 5.74) is 2.50. The summed E-state index contributed by atoms with van der Waals surface area (Å²) in [7, 11) is 0. The second-order valence-electron chi connectivity index (χ2n) is 2.85. The van der Waals surface area contributed by atoms with Gasteiger partial charge in [-0.3, -0.25) is 10.2 Å². The Bertz CT molecular complexity index is 552. The second kappa shape index (κ2) is 2.63. The summed E-state index contributed by atoms with van der Waals surface area (Å²) in [6, 6.07) is 0. The zero-order valence-corrected chi connectivity index (χ0v) is 7.10. The fourth-order valence-electron chi connectivity index (χ4n) is 1.25. The minimum atomic E-state index is 0.646. The molecule has 3 rings (SSSR count). The molecule has 68 valence electrons. The van der Waals surface area contributed by atoms with E-state index in [-0.39, 0.29) is 0 Å². The van der Waals surface area contributed by atoms with Crippen LogP contribution in [0.5, 0.6) is 0 Å². The molecule has 6 nitrogen and oxygen atoms in total. The van der Waals surface area contributed by atoms with Crippen molar-refractivity contribution in [2.45, 2.75) is 0 Å². The van der Waals surface area contributed by atoms with Crippen molar-refractivity contribution in [3.63, 3.8) is 0 Å². The van der Waals surface area contributed by atoms with Crippen LogP contribution in [-0.4, -0.2) is 30.4 Å². The first-order valence-corrected chi connectivity index (χ1v) is 4.09. The molecular formula is C8H6N6. The van der Waals surface area contributed by atoms with E-state index in [9.17, 15) is 0 Å². The van der Waals surface area contributed by atoms with Crippen LogP contribution in [0.4, 0.5) is 0 Å². The van der Waals surface area contributed by atoms with Gasteiger partial charge in [-0.05, 0) is 0 Å². The van der Waals surface area contributed by atoms with Crippen molar-refractivity contribution in [1.82, 2.24) is 30.4 Å². The standard InChI is InChI=1S/C8H6N6/c1-5(2-11-10-1)8-9-3-7-6(13-8)4-12-14-7/h1-4H,(H,10,11)(H,12,14). The number of rotatable bonds is 1. The zero-order valence-electron chi connectivity index (χ0n) is 7.10. The Balaban J connectivity index is 2.23. The zero-order chi connectivity index (χ0) is 9.38. The number of hydrogen-bond acceptors (Lipinski definition) is 4. The number of aromatic amines is 2. The van der Waals surface area contributed by atoms with E-state index in [0.29, 0.717) is 5.82 Å². The van der Waals surface area contributed by atoms with E-state index >= 15 is 0 Å². The van der Waals surface area contributed by atoms with Crippen LogP contribution in [-0.2, 0) is 0 Å². The fraction of sp³-hybridized carbons (Fsp3) is 0. The molecule has 0 amide bonds. The molecule has 0 aliphatic rings. The van der Waals surface area contributed by atoms with Crippen molar-refractivity contribution < 1.29 is 0 Å². The van der Waals surface area contributed by atoms with Crippen LogP contribution >= 0.6 is 0 Å². The molecule has 0 radical (unpaired) electrons. The van der Waals surface area contributed by atoms with Gasteiger partial charge in [-0.15, -0.1) is 0 Å². The van der Waals surface area contributed by atoms with Gasteiger partial charge in [0.25, 0.3) is 0 Å². The molecule has 0 aromatic carbocycles. The third kappa shape index (κ3) is 0.972. The molecule has 0 saturated heterocycles. The lowest BCUT2D eigenvalue weighted by molar-refractivity contribution is 1.09. The number of aromatic nitrogens is 6. The first-order chi connectivity index (χ1) is 6.93. The van der Waals surface area contributed by atoms with E-state index in [1.54, 1.807) is 24.8 Å². The van der Waals surface area contributed by atoms with Crippen molar-refractivity contribution in [2.75, 3.05) is 0 Å². The van der Waals surface area contributed by atoms with Crippen LogP contribution in [0.15, 0.2) is 24.8 Å². The van der Waals surface area contributed by atoms with E-state index < -0.39 is 0 Å². The molecule has 0 fully saturated rings. The number of fused-ring (bicyclic) bond motifs is 1. The lowest BCUT2D eigenvalue weighted by atomic mass is 10.3. The van der Waals surface area contributed by atoms with Crippen LogP contribution in [0.1, 0.15) is 0 Å². The van der Waals surface area contributed by atoms with Crippen molar-refractivity contribution in [3.05, 3.63) is 24.8 Å². The summed E-state index contributed by atoms with van der Waals surface area (Å²) >= 11 is 0. The topological polar surface area (TPSA) is 83.1 Å². The summed E-state index contributed by atoms with van der Waals surface area (Å²) < 4.78 is 0. The SMILES string of the molecule is c1n[nH]cc1-c1ncc2[nH]ncc2n1. The minimum Gasteiger partial charge on any atom is -0.285 e. The van der Waals surface area contributed by atoms with Gasteiger partial charge < -0.3 is 0 Å². The maximum atomic E-state index is 4.31. The molecule has 0 aliphatic heterocycles. The maximum Gasteiger partial charge on any atom is 0.163 e. The Kier molecular flexibility index (Phi) is 1.35. The van der Waals surface area contributed by atoms with Gasteiger partial charge in [0.15, 0.2) is 5.82 Å². The molecular weight excluding hydrogens is 180 g/mol. The number of H-pyrrole nitrogens is 2. The summed E-state index contributed by atoms with van der Waals surface area (Å²) in [5.74, 6) is 0.646. The molecule has 0 atom stereocenters.